The Bertz CT molecular complexity index is 675. The number of aryl methyl sites for hydroxylation is 1. The Morgan fingerprint density at radius 2 is 1.95 bits per heavy atom. The van der Waals surface area contributed by atoms with Gasteiger partial charge < -0.3 is 15.0 Å². The number of nitrogens with zero attached hydrogens (tertiary/aromatic N) is 1. The zero-order valence-electron chi connectivity index (χ0n) is 12.5. The maximum absolute atomic E-state index is 12.4. The van der Waals surface area contributed by atoms with Crippen molar-refractivity contribution in [2.75, 3.05) is 0 Å². The van der Waals surface area contributed by atoms with Crippen molar-refractivity contribution in [2.24, 2.45) is 5.92 Å². The molecule has 0 bridgehead atoms. The van der Waals surface area contributed by atoms with E-state index in [0.717, 1.165) is 17.4 Å². The molecular formula is C16H20N2O3. The molecule has 0 saturated heterocycles. The minimum atomic E-state index is -0.918. The highest BCUT2D eigenvalue weighted by molar-refractivity contribution is 6.07. The minimum Gasteiger partial charge on any atom is -0.481 e. The van der Waals surface area contributed by atoms with Crippen molar-refractivity contribution >= 4 is 22.8 Å². The maximum Gasteiger partial charge on any atom is 0.308 e. The van der Waals surface area contributed by atoms with E-state index in [1.165, 1.54) is 0 Å². The Kier molecular flexibility index (Phi) is 4.31. The van der Waals surface area contributed by atoms with Gasteiger partial charge in [0.25, 0.3) is 5.91 Å². The third kappa shape index (κ3) is 2.91. The number of carbonyl (C=O) groups is 2. The van der Waals surface area contributed by atoms with Gasteiger partial charge >= 0.3 is 5.97 Å². The summed E-state index contributed by atoms with van der Waals surface area (Å²) in [6, 6.07) is 7.27. The smallest absolute Gasteiger partial charge is 0.308 e. The summed E-state index contributed by atoms with van der Waals surface area (Å²) in [5.41, 5.74) is 1.58. The van der Waals surface area contributed by atoms with Crippen molar-refractivity contribution in [3.63, 3.8) is 0 Å². The van der Waals surface area contributed by atoms with Crippen LogP contribution >= 0.6 is 0 Å². The van der Waals surface area contributed by atoms with Gasteiger partial charge in [0.05, 0.1) is 11.5 Å². The molecule has 2 unspecified atom stereocenters. The lowest BCUT2D eigenvalue weighted by atomic mass is 10.0. The van der Waals surface area contributed by atoms with Crippen LogP contribution in [-0.4, -0.2) is 27.6 Å². The summed E-state index contributed by atoms with van der Waals surface area (Å²) in [6.45, 7) is 6.08. The highest BCUT2D eigenvalue weighted by Gasteiger charge is 2.23. The molecular weight excluding hydrogens is 268 g/mol. The van der Waals surface area contributed by atoms with Crippen molar-refractivity contribution < 1.29 is 14.7 Å². The van der Waals surface area contributed by atoms with Crippen molar-refractivity contribution in [2.45, 2.75) is 33.4 Å². The summed E-state index contributed by atoms with van der Waals surface area (Å²) in [5, 5.41) is 12.6. The average Bonchev–Trinajstić information content (AvgIpc) is 2.85. The first-order valence-electron chi connectivity index (χ1n) is 7.07. The molecule has 2 atom stereocenters. The van der Waals surface area contributed by atoms with E-state index in [4.69, 9.17) is 5.11 Å². The topological polar surface area (TPSA) is 71.3 Å². The number of amides is 1. The van der Waals surface area contributed by atoms with Gasteiger partial charge in [-0.1, -0.05) is 18.2 Å². The predicted octanol–water partition coefficient (Wildman–Crippen LogP) is 2.50. The fraction of sp³-hybridized carbons (Fsp3) is 0.375. The highest BCUT2D eigenvalue weighted by atomic mass is 16.4. The van der Waals surface area contributed by atoms with Gasteiger partial charge in [0.2, 0.25) is 0 Å². The number of para-hydroxylation sites is 1. The second-order valence-electron chi connectivity index (χ2n) is 5.23. The van der Waals surface area contributed by atoms with Gasteiger partial charge in [0.1, 0.15) is 0 Å². The van der Waals surface area contributed by atoms with Crippen LogP contribution in [0.3, 0.4) is 0 Å². The van der Waals surface area contributed by atoms with Crippen LogP contribution in [0.25, 0.3) is 10.9 Å². The number of aromatic nitrogens is 1. The summed E-state index contributed by atoms with van der Waals surface area (Å²) in [6.07, 6.45) is 1.82. The second kappa shape index (κ2) is 5.99. The molecule has 21 heavy (non-hydrogen) atoms. The number of aliphatic carboxylic acids is 1. The second-order valence-corrected chi connectivity index (χ2v) is 5.23. The molecule has 2 N–H and O–H groups in total. The van der Waals surface area contributed by atoms with Crippen LogP contribution in [0.5, 0.6) is 0 Å². The van der Waals surface area contributed by atoms with Crippen LogP contribution in [0.15, 0.2) is 30.5 Å². The van der Waals surface area contributed by atoms with Crippen LogP contribution in [0.1, 0.15) is 31.1 Å². The number of benzene rings is 1. The van der Waals surface area contributed by atoms with Gasteiger partial charge in [-0.2, -0.15) is 0 Å². The zero-order chi connectivity index (χ0) is 15.6. The van der Waals surface area contributed by atoms with Crippen LogP contribution < -0.4 is 5.32 Å². The van der Waals surface area contributed by atoms with E-state index in [9.17, 15) is 9.59 Å². The van der Waals surface area contributed by atoms with E-state index in [1.54, 1.807) is 13.8 Å². The molecule has 2 aromatic rings. The summed E-state index contributed by atoms with van der Waals surface area (Å²) in [5.74, 6) is -1.79. The maximum atomic E-state index is 12.4. The number of hydrogen-bond acceptors (Lipinski definition) is 2. The van der Waals surface area contributed by atoms with Crippen molar-refractivity contribution in [1.29, 1.82) is 0 Å². The number of carboxylic acid groups (broad SMARTS) is 1. The monoisotopic (exact) mass is 288 g/mol. The van der Waals surface area contributed by atoms with Gasteiger partial charge in [-0.25, -0.2) is 0 Å². The molecule has 112 valence electrons. The van der Waals surface area contributed by atoms with E-state index in [0.29, 0.717) is 5.56 Å². The molecule has 1 amide bonds. The van der Waals surface area contributed by atoms with E-state index in [2.05, 4.69) is 5.32 Å². The predicted molar refractivity (Wildman–Crippen MR) is 81.3 cm³/mol. The number of nitrogens with one attached hydrogen (secondary N) is 1. The third-order valence-electron chi connectivity index (χ3n) is 3.87. The largest absolute Gasteiger partial charge is 0.481 e. The van der Waals surface area contributed by atoms with Gasteiger partial charge in [-0.3, -0.25) is 9.59 Å². The van der Waals surface area contributed by atoms with Crippen LogP contribution in [0.4, 0.5) is 0 Å². The van der Waals surface area contributed by atoms with Gasteiger partial charge in [-0.05, 0) is 26.8 Å². The fourth-order valence-corrected chi connectivity index (χ4v) is 2.31. The molecule has 0 radical (unpaired) electrons. The van der Waals surface area contributed by atoms with Crippen molar-refractivity contribution in [1.82, 2.24) is 9.88 Å². The number of rotatable bonds is 5. The lowest BCUT2D eigenvalue weighted by Crippen LogP contribution is -2.40. The number of hydrogen-bond donors (Lipinski definition) is 2. The third-order valence-corrected chi connectivity index (χ3v) is 3.87. The lowest BCUT2D eigenvalue weighted by molar-refractivity contribution is -0.141. The molecule has 0 saturated carbocycles. The van der Waals surface area contributed by atoms with Gasteiger partial charge in [0, 0.05) is 29.7 Å². The fourth-order valence-electron chi connectivity index (χ4n) is 2.31. The Labute approximate surface area is 123 Å². The highest BCUT2D eigenvalue weighted by Crippen LogP contribution is 2.21. The normalized spacial score (nSPS) is 13.9. The molecule has 0 aliphatic heterocycles. The van der Waals surface area contributed by atoms with E-state index in [-0.39, 0.29) is 5.91 Å². The molecule has 0 spiro atoms. The van der Waals surface area contributed by atoms with Crippen LogP contribution in [-0.2, 0) is 11.3 Å². The van der Waals surface area contributed by atoms with E-state index >= 15 is 0 Å². The Hall–Kier alpha value is -2.30. The van der Waals surface area contributed by atoms with Crippen molar-refractivity contribution in [3.05, 3.63) is 36.0 Å². The summed E-state index contributed by atoms with van der Waals surface area (Å²) in [7, 11) is 0. The standard InChI is InChI=1S/C16H20N2O3/c1-4-18-9-13(12-7-5-6-8-14(12)18)15(19)17-11(3)10(2)16(20)21/h5-11H,4H2,1-3H3,(H,17,19)(H,20,21). The average molecular weight is 288 g/mol. The number of carboxylic acids is 1. The molecule has 1 aromatic carbocycles. The Balaban J connectivity index is 2.30. The molecule has 1 heterocycles. The first kappa shape index (κ1) is 15.1. The first-order valence-corrected chi connectivity index (χ1v) is 7.07. The molecule has 0 aliphatic rings. The molecule has 5 nitrogen and oxygen atoms in total. The molecule has 0 aliphatic carbocycles. The quantitative estimate of drug-likeness (QED) is 0.888. The summed E-state index contributed by atoms with van der Waals surface area (Å²) in [4.78, 5) is 23.4. The zero-order valence-corrected chi connectivity index (χ0v) is 12.5. The summed E-state index contributed by atoms with van der Waals surface area (Å²) < 4.78 is 2.01. The Morgan fingerprint density at radius 1 is 1.29 bits per heavy atom. The molecule has 2 rings (SSSR count). The van der Waals surface area contributed by atoms with E-state index < -0.39 is 17.9 Å². The van der Waals surface area contributed by atoms with Gasteiger partial charge in [0.15, 0.2) is 0 Å². The van der Waals surface area contributed by atoms with Crippen molar-refractivity contribution in [3.8, 4) is 0 Å². The SMILES string of the molecule is CCn1cc(C(=O)NC(C)C(C)C(=O)O)c2ccccc21. The Morgan fingerprint density at radius 3 is 2.57 bits per heavy atom. The molecule has 0 fully saturated rings. The van der Waals surface area contributed by atoms with Crippen LogP contribution in [0, 0.1) is 5.92 Å². The lowest BCUT2D eigenvalue weighted by Gasteiger charge is -2.17. The van der Waals surface area contributed by atoms with Gasteiger partial charge in [-0.15, -0.1) is 0 Å². The first-order chi connectivity index (χ1) is 9.95. The minimum absolute atomic E-state index is 0.237. The summed E-state index contributed by atoms with van der Waals surface area (Å²) >= 11 is 0. The van der Waals surface area contributed by atoms with Crippen LogP contribution in [0.2, 0.25) is 0 Å². The van der Waals surface area contributed by atoms with E-state index in [1.807, 2.05) is 42.0 Å². The molecule has 5 heteroatoms. The number of carbonyl (C=O) groups excluding carboxylic acids is 1. The molecule has 1 aromatic heterocycles. The number of fused-ring (bicyclic) bond motifs is 1.